The number of ether oxygens (including phenoxy) is 1. The first kappa shape index (κ1) is 8.75. The number of nitrogen functional groups attached to an aromatic ring is 1. The second-order valence-electron chi connectivity index (χ2n) is 2.04. The van der Waals surface area contributed by atoms with E-state index in [0.29, 0.717) is 0 Å². The topological polar surface area (TPSA) is 109 Å². The van der Waals surface area contributed by atoms with E-state index in [-0.39, 0.29) is 23.1 Å². The molecule has 0 saturated heterocycles. The molecule has 0 atom stereocenters. The van der Waals surface area contributed by atoms with Crippen LogP contribution in [0.25, 0.3) is 0 Å². The molecule has 1 aromatic rings. The molecule has 0 aliphatic heterocycles. The van der Waals surface area contributed by atoms with E-state index in [2.05, 4.69) is 9.97 Å². The quantitative estimate of drug-likeness (QED) is 0.633. The third-order valence-electron chi connectivity index (χ3n) is 1.30. The van der Waals surface area contributed by atoms with E-state index < -0.39 is 0 Å². The average Bonchev–Trinajstić information content (AvgIpc) is 2.17. The predicted octanol–water partition coefficient (Wildman–Crippen LogP) is -0.189. The van der Waals surface area contributed by atoms with Gasteiger partial charge in [0.1, 0.15) is 12.1 Å². The molecule has 64 valence electrons. The van der Waals surface area contributed by atoms with Gasteiger partial charge in [-0.25, -0.2) is 4.98 Å². The highest BCUT2D eigenvalue weighted by Crippen LogP contribution is 2.15. The first-order valence-corrected chi connectivity index (χ1v) is 3.24. The normalized spacial score (nSPS) is 8.54. The standard InChI is InChI=1S/C7H5N5O/c1-13-7-5(3-9)11-4(2-8)6(10)12-7/h1H3,(H2,10,12). The van der Waals surface area contributed by atoms with Gasteiger partial charge in [-0.15, -0.1) is 0 Å². The number of aromatic nitrogens is 2. The minimum Gasteiger partial charge on any atom is -0.479 e. The number of nitriles is 2. The molecular weight excluding hydrogens is 170 g/mol. The Morgan fingerprint density at radius 2 is 1.85 bits per heavy atom. The molecule has 0 amide bonds. The van der Waals surface area contributed by atoms with E-state index in [4.69, 9.17) is 21.0 Å². The molecule has 13 heavy (non-hydrogen) atoms. The molecule has 0 saturated carbocycles. The van der Waals surface area contributed by atoms with Gasteiger partial charge in [0.05, 0.1) is 7.11 Å². The van der Waals surface area contributed by atoms with Gasteiger partial charge < -0.3 is 10.5 Å². The van der Waals surface area contributed by atoms with Crippen molar-refractivity contribution in [3.63, 3.8) is 0 Å². The summed E-state index contributed by atoms with van der Waals surface area (Å²) in [6.45, 7) is 0. The Hall–Kier alpha value is -2.34. The van der Waals surface area contributed by atoms with E-state index in [1.165, 1.54) is 7.11 Å². The number of rotatable bonds is 1. The zero-order valence-electron chi connectivity index (χ0n) is 6.77. The molecule has 0 fully saturated rings. The molecule has 0 bridgehead atoms. The van der Waals surface area contributed by atoms with Crippen LogP contribution in [-0.2, 0) is 0 Å². The van der Waals surface area contributed by atoms with Crippen molar-refractivity contribution in [2.75, 3.05) is 12.8 Å². The average molecular weight is 175 g/mol. The number of methoxy groups -OCH3 is 1. The highest BCUT2D eigenvalue weighted by atomic mass is 16.5. The summed E-state index contributed by atoms with van der Waals surface area (Å²) in [5.74, 6) is -0.0163. The highest BCUT2D eigenvalue weighted by Gasteiger charge is 2.10. The Morgan fingerprint density at radius 3 is 2.31 bits per heavy atom. The Morgan fingerprint density at radius 1 is 1.23 bits per heavy atom. The summed E-state index contributed by atoms with van der Waals surface area (Å²) in [7, 11) is 1.34. The lowest BCUT2D eigenvalue weighted by molar-refractivity contribution is 0.394. The van der Waals surface area contributed by atoms with Gasteiger partial charge in [0.2, 0.25) is 5.69 Å². The van der Waals surface area contributed by atoms with Crippen molar-refractivity contribution in [2.45, 2.75) is 0 Å². The SMILES string of the molecule is COc1nc(N)c(C#N)nc1C#N. The van der Waals surface area contributed by atoms with Crippen LogP contribution in [0.15, 0.2) is 0 Å². The molecule has 6 nitrogen and oxygen atoms in total. The van der Waals surface area contributed by atoms with Crippen LogP contribution in [0.1, 0.15) is 11.4 Å². The minimum absolute atomic E-state index is 0.0269. The van der Waals surface area contributed by atoms with Crippen LogP contribution in [0.3, 0.4) is 0 Å². The fourth-order valence-corrected chi connectivity index (χ4v) is 0.730. The van der Waals surface area contributed by atoms with Crippen LogP contribution in [-0.4, -0.2) is 17.1 Å². The Kier molecular flexibility index (Phi) is 2.27. The van der Waals surface area contributed by atoms with Crippen LogP contribution in [0, 0.1) is 22.7 Å². The van der Waals surface area contributed by atoms with Gasteiger partial charge in [0, 0.05) is 0 Å². The maximum atomic E-state index is 8.58. The summed E-state index contributed by atoms with van der Waals surface area (Å²) >= 11 is 0. The van der Waals surface area contributed by atoms with E-state index in [9.17, 15) is 0 Å². The van der Waals surface area contributed by atoms with Crippen LogP contribution >= 0.6 is 0 Å². The Labute approximate surface area is 74.2 Å². The van der Waals surface area contributed by atoms with Gasteiger partial charge >= 0.3 is 0 Å². The summed E-state index contributed by atoms with van der Waals surface area (Å²) in [6, 6.07) is 3.46. The Bertz CT molecular complexity index is 414. The highest BCUT2D eigenvalue weighted by molar-refractivity contribution is 5.48. The lowest BCUT2D eigenvalue weighted by Gasteiger charge is -2.01. The second-order valence-corrected chi connectivity index (χ2v) is 2.04. The summed E-state index contributed by atoms with van der Waals surface area (Å²) in [4.78, 5) is 7.33. The molecule has 0 unspecified atom stereocenters. The van der Waals surface area contributed by atoms with Crippen molar-refractivity contribution >= 4 is 5.82 Å². The molecule has 0 aromatic carbocycles. The van der Waals surface area contributed by atoms with E-state index in [1.807, 2.05) is 0 Å². The van der Waals surface area contributed by atoms with Crippen molar-refractivity contribution in [2.24, 2.45) is 0 Å². The van der Waals surface area contributed by atoms with Gasteiger partial charge in [0.25, 0.3) is 5.88 Å². The van der Waals surface area contributed by atoms with Crippen LogP contribution in [0.5, 0.6) is 5.88 Å². The van der Waals surface area contributed by atoms with Crippen molar-refractivity contribution in [1.29, 1.82) is 10.5 Å². The fourth-order valence-electron chi connectivity index (χ4n) is 0.730. The van der Waals surface area contributed by atoms with E-state index >= 15 is 0 Å². The zero-order valence-corrected chi connectivity index (χ0v) is 6.77. The molecule has 6 heteroatoms. The molecule has 2 N–H and O–H groups in total. The molecule has 0 aliphatic carbocycles. The minimum atomic E-state index is -0.0719. The maximum Gasteiger partial charge on any atom is 0.252 e. The maximum absolute atomic E-state index is 8.58. The zero-order chi connectivity index (χ0) is 9.84. The van der Waals surface area contributed by atoms with Crippen LogP contribution in [0.2, 0.25) is 0 Å². The largest absolute Gasteiger partial charge is 0.479 e. The van der Waals surface area contributed by atoms with Gasteiger partial charge in [0.15, 0.2) is 11.5 Å². The molecule has 0 spiro atoms. The third kappa shape index (κ3) is 1.47. The van der Waals surface area contributed by atoms with Gasteiger partial charge in [-0.2, -0.15) is 15.5 Å². The Balaban J connectivity index is 3.39. The van der Waals surface area contributed by atoms with Gasteiger partial charge in [-0.3, -0.25) is 0 Å². The summed E-state index contributed by atoms with van der Waals surface area (Å²) < 4.78 is 4.73. The third-order valence-corrected chi connectivity index (χ3v) is 1.30. The van der Waals surface area contributed by atoms with Crippen LogP contribution in [0.4, 0.5) is 5.82 Å². The number of hydrogen-bond donors (Lipinski definition) is 1. The van der Waals surface area contributed by atoms with E-state index in [1.54, 1.807) is 12.1 Å². The van der Waals surface area contributed by atoms with Crippen LogP contribution < -0.4 is 10.5 Å². The summed E-state index contributed by atoms with van der Waals surface area (Å²) in [5, 5.41) is 17.1. The van der Waals surface area contributed by atoms with Crippen molar-refractivity contribution in [1.82, 2.24) is 9.97 Å². The van der Waals surface area contributed by atoms with Gasteiger partial charge in [-0.05, 0) is 0 Å². The number of nitrogens with zero attached hydrogens (tertiary/aromatic N) is 4. The van der Waals surface area contributed by atoms with Crippen molar-refractivity contribution in [3.05, 3.63) is 11.4 Å². The number of nitrogens with two attached hydrogens (primary N) is 1. The summed E-state index contributed by atoms with van der Waals surface area (Å²) in [5.41, 5.74) is 5.23. The smallest absolute Gasteiger partial charge is 0.252 e. The van der Waals surface area contributed by atoms with Crippen molar-refractivity contribution < 1.29 is 4.74 Å². The molecule has 0 aliphatic rings. The second kappa shape index (κ2) is 3.37. The number of hydrogen-bond acceptors (Lipinski definition) is 6. The van der Waals surface area contributed by atoms with Gasteiger partial charge in [-0.1, -0.05) is 0 Å². The lowest BCUT2D eigenvalue weighted by atomic mass is 10.4. The monoisotopic (exact) mass is 175 g/mol. The molecule has 0 radical (unpaired) electrons. The van der Waals surface area contributed by atoms with Crippen molar-refractivity contribution in [3.8, 4) is 18.0 Å². The first-order valence-electron chi connectivity index (χ1n) is 3.24. The van der Waals surface area contributed by atoms with E-state index in [0.717, 1.165) is 0 Å². The summed E-state index contributed by atoms with van der Waals surface area (Å²) in [6.07, 6.45) is 0. The predicted molar refractivity (Wildman–Crippen MR) is 42.4 cm³/mol. The molecule has 1 aromatic heterocycles. The molecular formula is C7H5N5O. The molecule has 1 heterocycles. The molecule has 1 rings (SSSR count). The lowest BCUT2D eigenvalue weighted by Crippen LogP contribution is -2.03. The first-order chi connectivity index (χ1) is 6.22. The fraction of sp³-hybridized carbons (Fsp3) is 0.143. The number of anilines is 1.